The van der Waals surface area contributed by atoms with Crippen LogP contribution in [-0.4, -0.2) is 10.7 Å². The highest BCUT2D eigenvalue weighted by atomic mass is 79.9. The Hall–Kier alpha value is -0.610. The van der Waals surface area contributed by atoms with E-state index >= 15 is 0 Å². The minimum atomic E-state index is -0.543. The minimum Gasteiger partial charge on any atom is -0.321 e. The topological polar surface area (TPSA) is 29.1 Å². The first kappa shape index (κ1) is 11.5. The molecule has 0 aliphatic rings. The molecule has 0 bridgehead atoms. The average Bonchev–Trinajstić information content (AvgIpc) is 2.11. The van der Waals surface area contributed by atoms with Crippen molar-refractivity contribution >= 4 is 39.1 Å². The van der Waals surface area contributed by atoms with Crippen molar-refractivity contribution in [1.29, 1.82) is 0 Å². The van der Waals surface area contributed by atoms with Crippen molar-refractivity contribution in [2.24, 2.45) is 0 Å². The number of amides is 1. The van der Waals surface area contributed by atoms with Crippen molar-refractivity contribution in [2.45, 2.75) is 11.8 Å². The van der Waals surface area contributed by atoms with E-state index in [1.165, 1.54) is 18.2 Å². The zero-order chi connectivity index (χ0) is 10.7. The van der Waals surface area contributed by atoms with Crippen molar-refractivity contribution in [1.82, 2.24) is 0 Å². The zero-order valence-electron chi connectivity index (χ0n) is 7.35. The second-order valence-electron chi connectivity index (χ2n) is 2.70. The van der Waals surface area contributed by atoms with Crippen LogP contribution in [0.15, 0.2) is 18.2 Å². The second kappa shape index (κ2) is 4.75. The van der Waals surface area contributed by atoms with Crippen LogP contribution in [-0.2, 0) is 4.79 Å². The van der Waals surface area contributed by atoms with E-state index in [9.17, 15) is 9.18 Å². The van der Waals surface area contributed by atoms with Crippen molar-refractivity contribution in [2.75, 3.05) is 5.32 Å². The summed E-state index contributed by atoms with van der Waals surface area (Å²) in [6.07, 6.45) is 0. The molecule has 0 saturated carbocycles. The summed E-state index contributed by atoms with van der Waals surface area (Å²) in [6.45, 7) is 1.64. The summed E-state index contributed by atoms with van der Waals surface area (Å²) in [5.74, 6) is -0.879. The average molecular weight is 281 g/mol. The summed E-state index contributed by atoms with van der Waals surface area (Å²) in [5, 5.41) is 2.57. The summed E-state index contributed by atoms with van der Waals surface area (Å²) in [7, 11) is 0. The Kier molecular flexibility index (Phi) is 3.89. The van der Waals surface area contributed by atoms with E-state index in [0.29, 0.717) is 0 Å². The van der Waals surface area contributed by atoms with E-state index in [0.717, 1.165) is 0 Å². The molecule has 0 saturated heterocycles. The van der Waals surface area contributed by atoms with Crippen LogP contribution in [0, 0.1) is 5.82 Å². The zero-order valence-corrected chi connectivity index (χ0v) is 9.69. The third-order valence-corrected chi connectivity index (χ3v) is 2.30. The van der Waals surface area contributed by atoms with E-state index in [4.69, 9.17) is 11.6 Å². The molecule has 14 heavy (non-hydrogen) atoms. The number of anilines is 1. The smallest absolute Gasteiger partial charge is 0.237 e. The number of para-hydroxylation sites is 1. The molecular formula is C9H8BrClFNO. The molecule has 0 fully saturated rings. The van der Waals surface area contributed by atoms with Gasteiger partial charge in [0.1, 0.15) is 5.82 Å². The van der Waals surface area contributed by atoms with Gasteiger partial charge in [0, 0.05) is 0 Å². The summed E-state index contributed by atoms with van der Waals surface area (Å²) in [4.78, 5) is 10.8. The molecule has 1 N–H and O–H groups in total. The number of halogens is 3. The lowest BCUT2D eigenvalue weighted by Crippen LogP contribution is -2.20. The van der Waals surface area contributed by atoms with Gasteiger partial charge >= 0.3 is 0 Å². The molecule has 1 amide bonds. The molecule has 1 aromatic carbocycles. The van der Waals surface area contributed by atoms with Crippen LogP contribution >= 0.6 is 27.5 Å². The van der Waals surface area contributed by atoms with Crippen molar-refractivity contribution in [3.63, 3.8) is 0 Å². The third kappa shape index (κ3) is 2.69. The normalized spacial score (nSPS) is 12.3. The number of alkyl halides is 1. The first-order chi connectivity index (χ1) is 6.52. The van der Waals surface area contributed by atoms with E-state index in [2.05, 4.69) is 21.2 Å². The number of carbonyl (C=O) groups is 1. The van der Waals surface area contributed by atoms with Crippen LogP contribution in [0.3, 0.4) is 0 Å². The lowest BCUT2D eigenvalue weighted by molar-refractivity contribution is -0.115. The lowest BCUT2D eigenvalue weighted by atomic mass is 10.3. The third-order valence-electron chi connectivity index (χ3n) is 1.57. The van der Waals surface area contributed by atoms with Gasteiger partial charge in [0.15, 0.2) is 0 Å². The minimum absolute atomic E-state index is 0.0190. The first-order valence-corrected chi connectivity index (χ1v) is 5.20. The maximum Gasteiger partial charge on any atom is 0.237 e. The molecule has 1 rings (SSSR count). The van der Waals surface area contributed by atoms with Crippen LogP contribution in [0.2, 0.25) is 5.02 Å². The van der Waals surface area contributed by atoms with Crippen molar-refractivity contribution < 1.29 is 9.18 Å². The Bertz CT molecular complexity index is 336. The number of benzene rings is 1. The molecule has 5 heteroatoms. The lowest BCUT2D eigenvalue weighted by Gasteiger charge is -2.08. The van der Waals surface area contributed by atoms with Gasteiger partial charge < -0.3 is 5.32 Å². The number of rotatable bonds is 2. The Morgan fingerprint density at radius 1 is 1.64 bits per heavy atom. The first-order valence-electron chi connectivity index (χ1n) is 3.91. The highest BCUT2D eigenvalue weighted by Crippen LogP contribution is 2.24. The van der Waals surface area contributed by atoms with Crippen LogP contribution < -0.4 is 5.32 Å². The Morgan fingerprint density at radius 3 is 2.79 bits per heavy atom. The highest BCUT2D eigenvalue weighted by molar-refractivity contribution is 9.10. The standard InChI is InChI=1S/C9H8BrClFNO/c1-5(10)9(14)13-8-6(11)3-2-4-7(8)12/h2-5H,1H3,(H,13,14). The van der Waals surface area contributed by atoms with Crippen molar-refractivity contribution in [3.05, 3.63) is 29.0 Å². The molecule has 0 aliphatic carbocycles. The molecule has 0 spiro atoms. The molecule has 1 unspecified atom stereocenters. The summed E-state index contributed by atoms with van der Waals surface area (Å²) in [5.41, 5.74) is 0.0190. The predicted octanol–water partition coefficient (Wildman–Crippen LogP) is 3.20. The highest BCUT2D eigenvalue weighted by Gasteiger charge is 2.13. The fraction of sp³-hybridized carbons (Fsp3) is 0.222. The molecule has 1 aromatic rings. The number of nitrogens with one attached hydrogen (secondary N) is 1. The van der Waals surface area contributed by atoms with Gasteiger partial charge in [-0.1, -0.05) is 33.6 Å². The fourth-order valence-electron chi connectivity index (χ4n) is 0.840. The van der Waals surface area contributed by atoms with Crippen LogP contribution in [0.4, 0.5) is 10.1 Å². The Morgan fingerprint density at radius 2 is 2.29 bits per heavy atom. The van der Waals surface area contributed by atoms with Crippen LogP contribution in [0.25, 0.3) is 0 Å². The van der Waals surface area contributed by atoms with Gasteiger partial charge in [0.05, 0.1) is 15.5 Å². The van der Waals surface area contributed by atoms with Gasteiger partial charge in [-0.25, -0.2) is 4.39 Å². The van der Waals surface area contributed by atoms with Crippen molar-refractivity contribution in [3.8, 4) is 0 Å². The number of hydrogen-bond acceptors (Lipinski definition) is 1. The van der Waals surface area contributed by atoms with Gasteiger partial charge in [0.2, 0.25) is 5.91 Å². The molecule has 0 aliphatic heterocycles. The molecule has 0 radical (unpaired) electrons. The SMILES string of the molecule is CC(Br)C(=O)Nc1c(F)cccc1Cl. The van der Waals surface area contributed by atoms with Gasteiger partial charge in [-0.05, 0) is 19.1 Å². The van der Waals surface area contributed by atoms with E-state index in [-0.39, 0.29) is 16.6 Å². The maximum atomic E-state index is 13.2. The Balaban J connectivity index is 2.91. The monoisotopic (exact) mass is 279 g/mol. The molecule has 76 valence electrons. The molecule has 1 atom stereocenters. The van der Waals surface area contributed by atoms with E-state index in [1.54, 1.807) is 6.92 Å². The molecule has 0 aromatic heterocycles. The van der Waals surface area contributed by atoms with E-state index < -0.39 is 10.6 Å². The second-order valence-corrected chi connectivity index (χ2v) is 4.48. The van der Waals surface area contributed by atoms with Gasteiger partial charge in [-0.15, -0.1) is 0 Å². The quantitative estimate of drug-likeness (QED) is 0.828. The number of hydrogen-bond donors (Lipinski definition) is 1. The fourth-order valence-corrected chi connectivity index (χ4v) is 1.16. The van der Waals surface area contributed by atoms with E-state index in [1.807, 2.05) is 0 Å². The predicted molar refractivity (Wildman–Crippen MR) is 58.4 cm³/mol. The van der Waals surface area contributed by atoms with Gasteiger partial charge in [0.25, 0.3) is 0 Å². The Labute approximate surface area is 94.6 Å². The largest absolute Gasteiger partial charge is 0.321 e. The van der Waals surface area contributed by atoms with Crippen LogP contribution in [0.5, 0.6) is 0 Å². The van der Waals surface area contributed by atoms with Gasteiger partial charge in [-0.3, -0.25) is 4.79 Å². The maximum absolute atomic E-state index is 13.2. The summed E-state index contributed by atoms with van der Waals surface area (Å²) >= 11 is 8.78. The van der Waals surface area contributed by atoms with Gasteiger partial charge in [-0.2, -0.15) is 0 Å². The summed E-state index contributed by atoms with van der Waals surface area (Å²) < 4.78 is 13.2. The number of carbonyl (C=O) groups excluding carboxylic acids is 1. The molecule has 0 heterocycles. The molecule has 2 nitrogen and oxygen atoms in total. The molecular weight excluding hydrogens is 272 g/mol. The van der Waals surface area contributed by atoms with Crippen LogP contribution in [0.1, 0.15) is 6.92 Å². The summed E-state index contributed by atoms with van der Waals surface area (Å²) in [6, 6.07) is 4.23.